The summed E-state index contributed by atoms with van der Waals surface area (Å²) in [7, 11) is 3.23. The van der Waals surface area contributed by atoms with Crippen molar-refractivity contribution < 1.29 is 19.0 Å². The van der Waals surface area contributed by atoms with E-state index in [4.69, 9.17) is 14.2 Å². The lowest BCUT2D eigenvalue weighted by Gasteiger charge is -2.18. The van der Waals surface area contributed by atoms with Gasteiger partial charge in [-0.3, -0.25) is 4.79 Å². The van der Waals surface area contributed by atoms with Crippen molar-refractivity contribution in [2.45, 2.75) is 26.8 Å². The third-order valence-corrected chi connectivity index (χ3v) is 6.23. The molecule has 30 heavy (non-hydrogen) atoms. The molecule has 7 heteroatoms. The number of aryl methyl sites for hydroxylation is 1. The summed E-state index contributed by atoms with van der Waals surface area (Å²) in [6, 6.07) is 9.41. The molecule has 1 atom stereocenters. The summed E-state index contributed by atoms with van der Waals surface area (Å²) in [6.07, 6.45) is 3.91. The number of rotatable bonds is 9. The first-order chi connectivity index (χ1) is 14.5. The highest BCUT2D eigenvalue weighted by molar-refractivity contribution is 7.15. The highest BCUT2D eigenvalue weighted by Crippen LogP contribution is 2.33. The third-order valence-electron chi connectivity index (χ3n) is 5.01. The Hall–Kier alpha value is -2.77. The van der Waals surface area contributed by atoms with E-state index in [-0.39, 0.29) is 11.9 Å². The van der Waals surface area contributed by atoms with Crippen LogP contribution in [0, 0.1) is 13.8 Å². The molecule has 0 fully saturated rings. The predicted octanol–water partition coefficient (Wildman–Crippen LogP) is 4.68. The summed E-state index contributed by atoms with van der Waals surface area (Å²) in [4.78, 5) is 14.3. The zero-order chi connectivity index (χ0) is 21.7. The monoisotopic (exact) mass is 428 g/mol. The van der Waals surface area contributed by atoms with Crippen LogP contribution in [0.3, 0.4) is 0 Å². The summed E-state index contributed by atoms with van der Waals surface area (Å²) in [5.74, 6) is 1.18. The van der Waals surface area contributed by atoms with Crippen molar-refractivity contribution in [3.8, 4) is 16.5 Å². The van der Waals surface area contributed by atoms with Crippen LogP contribution in [0.1, 0.15) is 39.3 Å². The van der Waals surface area contributed by atoms with Gasteiger partial charge in [0.05, 0.1) is 25.3 Å². The molecular weight excluding hydrogens is 400 g/mol. The Morgan fingerprint density at radius 1 is 1.13 bits per heavy atom. The van der Waals surface area contributed by atoms with Gasteiger partial charge in [-0.25, -0.2) is 0 Å². The Morgan fingerprint density at radius 2 is 1.87 bits per heavy atom. The van der Waals surface area contributed by atoms with Crippen LogP contribution in [0.4, 0.5) is 0 Å². The van der Waals surface area contributed by atoms with Gasteiger partial charge in [0.1, 0.15) is 11.6 Å². The fraction of sp³-hybridized carbons (Fsp3) is 0.348. The smallest absolute Gasteiger partial charge is 0.255 e. The van der Waals surface area contributed by atoms with E-state index in [1.54, 1.807) is 25.6 Å². The molecule has 0 bridgehead atoms. The van der Waals surface area contributed by atoms with E-state index in [0.717, 1.165) is 21.0 Å². The predicted molar refractivity (Wildman–Crippen MR) is 119 cm³/mol. The van der Waals surface area contributed by atoms with Gasteiger partial charge >= 0.3 is 0 Å². The maximum absolute atomic E-state index is 13.2. The molecule has 0 saturated carbocycles. The van der Waals surface area contributed by atoms with Crippen molar-refractivity contribution in [1.82, 2.24) is 9.88 Å². The number of thiophene rings is 1. The van der Waals surface area contributed by atoms with E-state index in [0.29, 0.717) is 30.3 Å². The van der Waals surface area contributed by atoms with Crippen molar-refractivity contribution in [2.24, 2.45) is 0 Å². The highest BCUT2D eigenvalue weighted by Gasteiger charge is 2.22. The number of hydrogen-bond acceptors (Lipinski definition) is 5. The molecule has 0 aliphatic rings. The molecule has 0 saturated heterocycles. The minimum absolute atomic E-state index is 0.0903. The molecule has 1 amide bonds. The molecule has 0 aliphatic carbocycles. The van der Waals surface area contributed by atoms with E-state index in [1.807, 2.05) is 68.1 Å². The van der Waals surface area contributed by atoms with E-state index < -0.39 is 0 Å². The maximum Gasteiger partial charge on any atom is 0.255 e. The number of methoxy groups -OCH3 is 2. The van der Waals surface area contributed by atoms with Crippen LogP contribution in [0.5, 0.6) is 11.5 Å². The topological polar surface area (TPSA) is 61.7 Å². The highest BCUT2D eigenvalue weighted by atomic mass is 32.1. The summed E-state index contributed by atoms with van der Waals surface area (Å²) in [5.41, 5.74) is 2.66. The SMILES string of the molecule is COCCOc1ccc(C(C)NC(=O)c2c(-n3cccc3)sc(C)c2C)cc1OC. The average Bonchev–Trinajstić information content (AvgIpc) is 3.37. The zero-order valence-corrected chi connectivity index (χ0v) is 18.8. The molecule has 2 heterocycles. The van der Waals surface area contributed by atoms with E-state index in [2.05, 4.69) is 5.32 Å². The van der Waals surface area contributed by atoms with Crippen molar-refractivity contribution in [1.29, 1.82) is 0 Å². The minimum Gasteiger partial charge on any atom is -0.493 e. The second kappa shape index (κ2) is 9.82. The number of carbonyl (C=O) groups is 1. The molecule has 0 aliphatic heterocycles. The van der Waals surface area contributed by atoms with Gasteiger partial charge in [-0.15, -0.1) is 11.3 Å². The molecule has 3 aromatic rings. The summed E-state index contributed by atoms with van der Waals surface area (Å²) < 4.78 is 18.2. The number of ether oxygens (including phenoxy) is 3. The molecule has 2 aromatic heterocycles. The number of carbonyl (C=O) groups excluding carboxylic acids is 1. The van der Waals surface area contributed by atoms with Crippen LogP contribution in [-0.2, 0) is 4.74 Å². The summed E-state index contributed by atoms with van der Waals surface area (Å²) in [5, 5.41) is 4.06. The molecule has 160 valence electrons. The van der Waals surface area contributed by atoms with Crippen LogP contribution in [0.25, 0.3) is 5.00 Å². The Balaban J connectivity index is 1.80. The Bertz CT molecular complexity index is 995. The zero-order valence-electron chi connectivity index (χ0n) is 18.0. The first-order valence-electron chi connectivity index (χ1n) is 9.80. The summed E-state index contributed by atoms with van der Waals surface area (Å²) >= 11 is 1.62. The molecule has 3 rings (SSSR count). The van der Waals surface area contributed by atoms with Gasteiger partial charge < -0.3 is 24.1 Å². The van der Waals surface area contributed by atoms with Crippen molar-refractivity contribution >= 4 is 17.2 Å². The summed E-state index contributed by atoms with van der Waals surface area (Å²) in [6.45, 7) is 6.94. The fourth-order valence-electron chi connectivity index (χ4n) is 3.19. The molecule has 6 nitrogen and oxygen atoms in total. The number of hydrogen-bond donors (Lipinski definition) is 1. The van der Waals surface area contributed by atoms with Crippen molar-refractivity contribution in [2.75, 3.05) is 27.4 Å². The van der Waals surface area contributed by atoms with Gasteiger partial charge in [0.15, 0.2) is 11.5 Å². The first-order valence-corrected chi connectivity index (χ1v) is 10.6. The molecule has 1 aromatic carbocycles. The number of aromatic nitrogens is 1. The van der Waals surface area contributed by atoms with E-state index in [9.17, 15) is 4.79 Å². The van der Waals surface area contributed by atoms with Crippen LogP contribution in [0.15, 0.2) is 42.7 Å². The number of benzene rings is 1. The van der Waals surface area contributed by atoms with Gasteiger partial charge in [-0.2, -0.15) is 0 Å². The number of amides is 1. The van der Waals surface area contributed by atoms with Crippen LogP contribution >= 0.6 is 11.3 Å². The standard InChI is InChI=1S/C23H28N2O4S/c1-15-17(3)30-23(25-10-6-7-11-25)21(15)22(26)24-16(2)18-8-9-19(20(14-18)28-5)29-13-12-27-4/h6-11,14,16H,12-13H2,1-5H3,(H,24,26). The van der Waals surface area contributed by atoms with Gasteiger partial charge in [-0.1, -0.05) is 6.07 Å². The third kappa shape index (κ3) is 4.68. The van der Waals surface area contributed by atoms with Gasteiger partial charge in [0.2, 0.25) is 0 Å². The molecular formula is C23H28N2O4S. The second-order valence-corrected chi connectivity index (χ2v) is 8.20. The van der Waals surface area contributed by atoms with E-state index >= 15 is 0 Å². The lowest BCUT2D eigenvalue weighted by atomic mass is 10.1. The average molecular weight is 429 g/mol. The number of nitrogens with zero attached hydrogens (tertiary/aromatic N) is 1. The normalized spacial score (nSPS) is 11.9. The van der Waals surface area contributed by atoms with Gasteiger partial charge in [0.25, 0.3) is 5.91 Å². The molecule has 1 N–H and O–H groups in total. The minimum atomic E-state index is -0.198. The van der Waals surface area contributed by atoms with E-state index in [1.165, 1.54) is 0 Å². The molecule has 0 radical (unpaired) electrons. The van der Waals surface area contributed by atoms with Crippen molar-refractivity contribution in [3.05, 3.63) is 64.3 Å². The van der Waals surface area contributed by atoms with Crippen LogP contribution < -0.4 is 14.8 Å². The molecule has 1 unspecified atom stereocenters. The maximum atomic E-state index is 13.2. The van der Waals surface area contributed by atoms with Crippen LogP contribution in [-0.4, -0.2) is 37.9 Å². The second-order valence-electron chi connectivity index (χ2n) is 7.00. The quantitative estimate of drug-likeness (QED) is 0.503. The Kier molecular flexibility index (Phi) is 7.18. The van der Waals surface area contributed by atoms with Crippen LogP contribution in [0.2, 0.25) is 0 Å². The largest absolute Gasteiger partial charge is 0.493 e. The van der Waals surface area contributed by atoms with Gasteiger partial charge in [-0.05, 0) is 56.2 Å². The Labute approximate surface area is 181 Å². The Morgan fingerprint density at radius 3 is 2.53 bits per heavy atom. The fourth-order valence-corrected chi connectivity index (χ4v) is 4.31. The van der Waals surface area contributed by atoms with Crippen molar-refractivity contribution in [3.63, 3.8) is 0 Å². The lowest BCUT2D eigenvalue weighted by molar-refractivity contribution is 0.0939. The van der Waals surface area contributed by atoms with Gasteiger partial charge in [0, 0.05) is 24.4 Å². The number of nitrogens with one attached hydrogen (secondary N) is 1. The first kappa shape index (κ1) is 21.9. The lowest BCUT2D eigenvalue weighted by Crippen LogP contribution is -2.27. The molecule has 0 spiro atoms.